The van der Waals surface area contributed by atoms with Crippen LogP contribution in [0.3, 0.4) is 0 Å². The largest absolute Gasteiger partial charge is 0.492 e. The first-order valence-corrected chi connectivity index (χ1v) is 5.86. The molecule has 3 heterocycles. The van der Waals surface area contributed by atoms with Crippen molar-refractivity contribution in [3.8, 4) is 11.1 Å². The smallest absolute Gasteiger partial charge is 0.260 e. The second-order valence-corrected chi connectivity index (χ2v) is 4.18. The molecule has 0 aliphatic carbocycles. The number of nitrogens with one attached hydrogen (secondary N) is 1. The molecule has 0 aromatic carbocycles. The number of anilines is 1. The molecule has 0 spiro atoms. The van der Waals surface area contributed by atoms with Crippen molar-refractivity contribution in [1.29, 1.82) is 0 Å². The molecular formula is C13H12N4O2. The maximum absolute atomic E-state index is 12.1. The summed E-state index contributed by atoms with van der Waals surface area (Å²) in [6, 6.07) is 3.52. The molecular weight excluding hydrogens is 244 g/mol. The third-order valence-electron chi connectivity index (χ3n) is 2.93. The first-order chi connectivity index (χ1) is 9.25. The number of hydrogen-bond donors (Lipinski definition) is 2. The minimum atomic E-state index is -0.274. The van der Waals surface area contributed by atoms with Gasteiger partial charge in [0, 0.05) is 18.8 Å². The molecule has 0 saturated heterocycles. The summed E-state index contributed by atoms with van der Waals surface area (Å²) >= 11 is 0. The Hall–Kier alpha value is -2.63. The van der Waals surface area contributed by atoms with Crippen molar-refractivity contribution in [2.75, 3.05) is 5.73 Å². The van der Waals surface area contributed by atoms with E-state index in [1.54, 1.807) is 30.8 Å². The van der Waals surface area contributed by atoms with Crippen LogP contribution in [0.25, 0.3) is 11.1 Å². The van der Waals surface area contributed by atoms with E-state index in [1.807, 2.05) is 6.08 Å². The van der Waals surface area contributed by atoms with Crippen LogP contribution in [-0.4, -0.2) is 15.0 Å². The lowest BCUT2D eigenvalue weighted by molar-refractivity contribution is 0.169. The summed E-state index contributed by atoms with van der Waals surface area (Å²) in [6.45, 7) is 0. The van der Waals surface area contributed by atoms with Gasteiger partial charge in [0.1, 0.15) is 6.10 Å². The lowest BCUT2D eigenvalue weighted by Gasteiger charge is -2.14. The van der Waals surface area contributed by atoms with E-state index in [9.17, 15) is 4.79 Å². The molecule has 19 heavy (non-hydrogen) atoms. The van der Waals surface area contributed by atoms with Gasteiger partial charge < -0.3 is 10.5 Å². The number of aromatic amines is 1. The highest BCUT2D eigenvalue weighted by Gasteiger charge is 2.23. The molecule has 6 heteroatoms. The number of rotatable bonds is 2. The van der Waals surface area contributed by atoms with Crippen LogP contribution in [0.15, 0.2) is 41.7 Å². The van der Waals surface area contributed by atoms with Gasteiger partial charge >= 0.3 is 0 Å². The molecule has 2 aromatic heterocycles. The maximum atomic E-state index is 12.1. The van der Waals surface area contributed by atoms with Crippen LogP contribution >= 0.6 is 0 Å². The molecule has 96 valence electrons. The van der Waals surface area contributed by atoms with Gasteiger partial charge in [0.2, 0.25) is 5.95 Å². The van der Waals surface area contributed by atoms with Crippen molar-refractivity contribution < 1.29 is 4.74 Å². The van der Waals surface area contributed by atoms with Crippen LogP contribution < -0.4 is 11.3 Å². The first kappa shape index (κ1) is 11.5. The van der Waals surface area contributed by atoms with Crippen LogP contribution in [0.1, 0.15) is 18.2 Å². The fourth-order valence-electron chi connectivity index (χ4n) is 2.10. The van der Waals surface area contributed by atoms with Crippen LogP contribution in [-0.2, 0) is 4.74 Å². The van der Waals surface area contributed by atoms with E-state index in [-0.39, 0.29) is 17.6 Å². The molecule has 1 aliphatic heterocycles. The van der Waals surface area contributed by atoms with Gasteiger partial charge in [0.15, 0.2) is 0 Å². The Bertz CT molecular complexity index is 671. The Morgan fingerprint density at radius 2 is 2.16 bits per heavy atom. The summed E-state index contributed by atoms with van der Waals surface area (Å²) < 4.78 is 5.44. The van der Waals surface area contributed by atoms with Gasteiger partial charge in [-0.3, -0.25) is 14.8 Å². The number of H-pyrrole nitrogens is 1. The predicted octanol–water partition coefficient (Wildman–Crippen LogP) is 1.39. The number of pyridine rings is 1. The lowest BCUT2D eigenvalue weighted by Crippen LogP contribution is -2.18. The van der Waals surface area contributed by atoms with Crippen LogP contribution in [0, 0.1) is 0 Å². The molecule has 1 aliphatic rings. The molecule has 6 nitrogen and oxygen atoms in total. The molecule has 3 rings (SSSR count). The monoisotopic (exact) mass is 256 g/mol. The summed E-state index contributed by atoms with van der Waals surface area (Å²) in [6.07, 6.45) is 7.16. The van der Waals surface area contributed by atoms with E-state index in [1.165, 1.54) is 0 Å². The van der Waals surface area contributed by atoms with E-state index in [2.05, 4.69) is 15.0 Å². The molecule has 0 saturated carbocycles. The molecule has 1 atom stereocenters. The zero-order chi connectivity index (χ0) is 13.2. The quantitative estimate of drug-likeness (QED) is 0.846. The Morgan fingerprint density at radius 1 is 1.37 bits per heavy atom. The summed E-state index contributed by atoms with van der Waals surface area (Å²) in [7, 11) is 0. The summed E-state index contributed by atoms with van der Waals surface area (Å²) in [5.41, 5.74) is 7.12. The highest BCUT2D eigenvalue weighted by Crippen LogP contribution is 2.31. The molecule has 0 amide bonds. The van der Waals surface area contributed by atoms with Gasteiger partial charge in [-0.25, -0.2) is 4.98 Å². The number of nitrogens with zero attached hydrogens (tertiary/aromatic N) is 2. The molecule has 0 bridgehead atoms. The van der Waals surface area contributed by atoms with E-state index in [4.69, 9.17) is 10.5 Å². The van der Waals surface area contributed by atoms with E-state index < -0.39 is 0 Å². The molecule has 3 N–H and O–H groups in total. The average Bonchev–Trinajstić information content (AvgIpc) is 2.92. The minimum Gasteiger partial charge on any atom is -0.492 e. The Balaban J connectivity index is 2.19. The Morgan fingerprint density at radius 3 is 2.84 bits per heavy atom. The standard InChI is InChI=1S/C13H12N4O2/c14-13-16-11(9-2-1-7-19-9)10(12(18)17-13)8-3-5-15-6-4-8/h1,3-7,9H,2H2,(H3,14,16,17,18). The SMILES string of the molecule is Nc1nc(C2CC=CO2)c(-c2ccncc2)c(=O)[nH]1. The third-order valence-corrected chi connectivity index (χ3v) is 2.93. The number of nitrogens with two attached hydrogens (primary N) is 1. The fourth-order valence-corrected chi connectivity index (χ4v) is 2.10. The van der Waals surface area contributed by atoms with Crippen molar-refractivity contribution in [2.24, 2.45) is 0 Å². The second-order valence-electron chi connectivity index (χ2n) is 4.18. The molecule has 2 aromatic rings. The summed E-state index contributed by atoms with van der Waals surface area (Å²) in [5.74, 6) is 0.0910. The zero-order valence-electron chi connectivity index (χ0n) is 10.0. The van der Waals surface area contributed by atoms with Crippen LogP contribution in [0.2, 0.25) is 0 Å². The minimum absolute atomic E-state index is 0.0910. The number of hydrogen-bond acceptors (Lipinski definition) is 5. The third kappa shape index (κ3) is 2.08. The highest BCUT2D eigenvalue weighted by molar-refractivity contribution is 5.65. The van der Waals surface area contributed by atoms with E-state index in [0.29, 0.717) is 17.7 Å². The predicted molar refractivity (Wildman–Crippen MR) is 70.1 cm³/mol. The number of aromatic nitrogens is 3. The van der Waals surface area contributed by atoms with E-state index in [0.717, 1.165) is 5.56 Å². The van der Waals surface area contributed by atoms with Crippen LogP contribution in [0.4, 0.5) is 5.95 Å². The topological polar surface area (TPSA) is 93.9 Å². The molecule has 1 unspecified atom stereocenters. The van der Waals surface area contributed by atoms with Crippen molar-refractivity contribution in [2.45, 2.75) is 12.5 Å². The van der Waals surface area contributed by atoms with Crippen molar-refractivity contribution in [1.82, 2.24) is 15.0 Å². The van der Waals surface area contributed by atoms with Crippen molar-refractivity contribution in [3.05, 3.63) is 52.9 Å². The van der Waals surface area contributed by atoms with Crippen LogP contribution in [0.5, 0.6) is 0 Å². The number of ether oxygens (including phenoxy) is 1. The Kier molecular flexibility index (Phi) is 2.75. The zero-order valence-corrected chi connectivity index (χ0v) is 10.0. The van der Waals surface area contributed by atoms with E-state index >= 15 is 0 Å². The van der Waals surface area contributed by atoms with Crippen molar-refractivity contribution in [3.63, 3.8) is 0 Å². The van der Waals surface area contributed by atoms with Crippen molar-refractivity contribution >= 4 is 5.95 Å². The second kappa shape index (κ2) is 4.56. The lowest BCUT2D eigenvalue weighted by atomic mass is 10.0. The van der Waals surface area contributed by atoms with Gasteiger partial charge in [0.25, 0.3) is 5.56 Å². The average molecular weight is 256 g/mol. The van der Waals surface area contributed by atoms with Gasteiger partial charge in [-0.15, -0.1) is 0 Å². The normalized spacial score (nSPS) is 17.4. The summed E-state index contributed by atoms with van der Waals surface area (Å²) in [5, 5.41) is 0. The van der Waals surface area contributed by atoms with Gasteiger partial charge in [-0.1, -0.05) is 0 Å². The molecule has 0 fully saturated rings. The summed E-state index contributed by atoms with van der Waals surface area (Å²) in [4.78, 5) is 22.8. The number of nitrogen functional groups attached to an aromatic ring is 1. The van der Waals surface area contributed by atoms with Gasteiger partial charge in [-0.2, -0.15) is 0 Å². The fraction of sp³-hybridized carbons (Fsp3) is 0.154. The molecule has 0 radical (unpaired) electrons. The highest BCUT2D eigenvalue weighted by atomic mass is 16.5. The van der Waals surface area contributed by atoms with Gasteiger partial charge in [-0.05, 0) is 23.8 Å². The first-order valence-electron chi connectivity index (χ1n) is 5.86. The van der Waals surface area contributed by atoms with Gasteiger partial charge in [0.05, 0.1) is 17.5 Å². The Labute approximate surface area is 109 Å². The maximum Gasteiger partial charge on any atom is 0.260 e.